The number of benzene rings is 1. The Hall–Kier alpha value is -2.44. The number of hydrogen-bond acceptors (Lipinski definition) is 5. The van der Waals surface area contributed by atoms with Crippen molar-refractivity contribution in [2.75, 3.05) is 19.7 Å². The van der Waals surface area contributed by atoms with Gasteiger partial charge in [0.1, 0.15) is 17.7 Å². The van der Waals surface area contributed by atoms with Gasteiger partial charge in [-0.2, -0.15) is 0 Å². The van der Waals surface area contributed by atoms with Crippen LogP contribution >= 0.6 is 0 Å². The summed E-state index contributed by atoms with van der Waals surface area (Å²) in [7, 11) is 0. The number of carbonyl (C=O) groups excluding carboxylic acids is 3. The third-order valence-corrected chi connectivity index (χ3v) is 4.83. The lowest BCUT2D eigenvalue weighted by atomic mass is 9.73. The van der Waals surface area contributed by atoms with E-state index in [-0.39, 0.29) is 19.7 Å². The Kier molecular flexibility index (Phi) is 6.80. The second kappa shape index (κ2) is 8.71. The van der Waals surface area contributed by atoms with Crippen molar-refractivity contribution in [2.45, 2.75) is 46.1 Å². The van der Waals surface area contributed by atoms with E-state index >= 15 is 0 Å². The van der Waals surface area contributed by atoms with Crippen LogP contribution in [0.25, 0.3) is 0 Å². The average molecular weight is 393 g/mol. The zero-order chi connectivity index (χ0) is 21.1. The van der Waals surface area contributed by atoms with E-state index in [2.05, 4.69) is 0 Å². The molecule has 0 radical (unpaired) electrons. The van der Waals surface area contributed by atoms with Crippen molar-refractivity contribution in [3.8, 4) is 0 Å². The molecule has 0 aliphatic carbocycles. The minimum Gasteiger partial charge on any atom is -0.466 e. The predicted octanol–water partition coefficient (Wildman–Crippen LogP) is 3.46. The molecule has 6 nitrogen and oxygen atoms in total. The standard InChI is InChI=1S/C21H28FNO5/c1-6-27-19(25)16-11-23(20(26)28-21(3,4)5)10-14(12-24)18(16)15-8-7-9-17(22)13(15)2/h7-9,12,14,16,18H,6,10-11H2,1-5H3. The maximum absolute atomic E-state index is 14.1. The summed E-state index contributed by atoms with van der Waals surface area (Å²) >= 11 is 0. The van der Waals surface area contributed by atoms with Crippen LogP contribution in [0.15, 0.2) is 18.2 Å². The highest BCUT2D eigenvalue weighted by molar-refractivity contribution is 5.78. The van der Waals surface area contributed by atoms with Gasteiger partial charge < -0.3 is 19.2 Å². The van der Waals surface area contributed by atoms with Crippen molar-refractivity contribution in [1.29, 1.82) is 0 Å². The monoisotopic (exact) mass is 393 g/mol. The van der Waals surface area contributed by atoms with Crippen molar-refractivity contribution in [3.63, 3.8) is 0 Å². The molecule has 1 heterocycles. The first-order valence-electron chi connectivity index (χ1n) is 9.44. The van der Waals surface area contributed by atoms with Crippen LogP contribution in [0.2, 0.25) is 0 Å². The molecule has 28 heavy (non-hydrogen) atoms. The zero-order valence-electron chi connectivity index (χ0n) is 17.0. The molecule has 1 aromatic carbocycles. The third kappa shape index (κ3) is 4.88. The Morgan fingerprint density at radius 3 is 2.54 bits per heavy atom. The Balaban J connectivity index is 2.43. The van der Waals surface area contributed by atoms with Gasteiger partial charge in [-0.05, 0) is 51.8 Å². The molecule has 1 saturated heterocycles. The smallest absolute Gasteiger partial charge is 0.410 e. The van der Waals surface area contributed by atoms with Crippen LogP contribution in [0, 0.1) is 24.6 Å². The van der Waals surface area contributed by atoms with Gasteiger partial charge in [-0.25, -0.2) is 9.18 Å². The highest BCUT2D eigenvalue weighted by Gasteiger charge is 2.45. The van der Waals surface area contributed by atoms with E-state index in [1.54, 1.807) is 46.8 Å². The molecule has 1 aliphatic heterocycles. The van der Waals surface area contributed by atoms with Gasteiger partial charge in [0.25, 0.3) is 0 Å². The van der Waals surface area contributed by atoms with Crippen molar-refractivity contribution in [2.24, 2.45) is 11.8 Å². The summed E-state index contributed by atoms with van der Waals surface area (Å²) < 4.78 is 24.7. The molecular weight excluding hydrogens is 365 g/mol. The Labute approximate surface area is 165 Å². The summed E-state index contributed by atoms with van der Waals surface area (Å²) in [6.45, 7) is 8.84. The predicted molar refractivity (Wildman–Crippen MR) is 101 cm³/mol. The van der Waals surface area contributed by atoms with Crippen molar-refractivity contribution in [3.05, 3.63) is 35.1 Å². The van der Waals surface area contributed by atoms with E-state index in [9.17, 15) is 18.8 Å². The van der Waals surface area contributed by atoms with Crippen LogP contribution < -0.4 is 0 Å². The van der Waals surface area contributed by atoms with Gasteiger partial charge in [0, 0.05) is 24.9 Å². The van der Waals surface area contributed by atoms with Gasteiger partial charge in [-0.1, -0.05) is 12.1 Å². The van der Waals surface area contributed by atoms with Crippen molar-refractivity contribution >= 4 is 18.3 Å². The number of halogens is 1. The number of hydrogen-bond donors (Lipinski definition) is 0. The SMILES string of the molecule is CCOC(=O)C1CN(C(=O)OC(C)(C)C)CC(C=O)C1c1cccc(F)c1C. The number of likely N-dealkylation sites (tertiary alicyclic amines) is 1. The molecule has 0 bridgehead atoms. The highest BCUT2D eigenvalue weighted by atomic mass is 19.1. The van der Waals surface area contributed by atoms with Gasteiger partial charge in [-0.15, -0.1) is 0 Å². The maximum Gasteiger partial charge on any atom is 0.410 e. The van der Waals surface area contributed by atoms with Gasteiger partial charge in [0.15, 0.2) is 0 Å². The van der Waals surface area contributed by atoms with Crippen molar-refractivity contribution < 1.29 is 28.2 Å². The van der Waals surface area contributed by atoms with E-state index in [1.807, 2.05) is 0 Å². The summed E-state index contributed by atoms with van der Waals surface area (Å²) in [4.78, 5) is 38.5. The van der Waals surface area contributed by atoms with Crippen LogP contribution in [0.5, 0.6) is 0 Å². The van der Waals surface area contributed by atoms with E-state index in [1.165, 1.54) is 11.0 Å². The number of ether oxygens (including phenoxy) is 2. The fourth-order valence-electron chi connectivity index (χ4n) is 3.60. The van der Waals surface area contributed by atoms with E-state index in [4.69, 9.17) is 9.47 Å². The fourth-order valence-corrected chi connectivity index (χ4v) is 3.60. The lowest BCUT2D eigenvalue weighted by molar-refractivity contribution is -0.151. The second-order valence-electron chi connectivity index (χ2n) is 8.02. The van der Waals surface area contributed by atoms with E-state index in [0.717, 1.165) is 6.29 Å². The van der Waals surface area contributed by atoms with Crippen LogP contribution in [0.3, 0.4) is 0 Å². The molecule has 0 aromatic heterocycles. The Morgan fingerprint density at radius 2 is 1.96 bits per heavy atom. The molecular formula is C21H28FNO5. The molecule has 1 fully saturated rings. The molecule has 1 aliphatic rings. The first-order valence-corrected chi connectivity index (χ1v) is 9.44. The number of carbonyl (C=O) groups is 3. The van der Waals surface area contributed by atoms with Gasteiger partial charge in [0.05, 0.1) is 12.5 Å². The second-order valence-corrected chi connectivity index (χ2v) is 8.02. The first kappa shape index (κ1) is 21.9. The van der Waals surface area contributed by atoms with Crippen LogP contribution in [-0.2, 0) is 19.1 Å². The average Bonchev–Trinajstić information content (AvgIpc) is 2.61. The molecule has 3 unspecified atom stereocenters. The molecule has 2 rings (SSSR count). The fraction of sp³-hybridized carbons (Fsp3) is 0.571. The van der Waals surface area contributed by atoms with Crippen LogP contribution in [-0.4, -0.2) is 48.5 Å². The lowest BCUT2D eigenvalue weighted by Gasteiger charge is -2.41. The van der Waals surface area contributed by atoms with Gasteiger partial charge in [0.2, 0.25) is 0 Å². The number of rotatable bonds is 4. The van der Waals surface area contributed by atoms with Crippen molar-refractivity contribution in [1.82, 2.24) is 4.90 Å². The normalized spacial score (nSPS) is 22.5. The van der Waals surface area contributed by atoms with Gasteiger partial charge >= 0.3 is 12.1 Å². The van der Waals surface area contributed by atoms with E-state index < -0.39 is 41.2 Å². The molecule has 0 spiro atoms. The van der Waals surface area contributed by atoms with Crippen LogP contribution in [0.1, 0.15) is 44.7 Å². The number of aldehydes is 1. The number of amides is 1. The summed E-state index contributed by atoms with van der Waals surface area (Å²) in [5.41, 5.74) is 0.266. The summed E-state index contributed by atoms with van der Waals surface area (Å²) in [6.07, 6.45) is 0.126. The Morgan fingerprint density at radius 1 is 1.29 bits per heavy atom. The molecule has 154 valence electrons. The minimum atomic E-state index is -0.795. The minimum absolute atomic E-state index is 0.0404. The largest absolute Gasteiger partial charge is 0.466 e. The molecule has 7 heteroatoms. The summed E-state index contributed by atoms with van der Waals surface area (Å²) in [5, 5.41) is 0. The van der Waals surface area contributed by atoms with Gasteiger partial charge in [-0.3, -0.25) is 4.79 Å². The highest BCUT2D eigenvalue weighted by Crippen LogP contribution is 2.39. The third-order valence-electron chi connectivity index (χ3n) is 4.83. The first-order chi connectivity index (χ1) is 13.1. The van der Waals surface area contributed by atoms with Crippen LogP contribution in [0.4, 0.5) is 9.18 Å². The maximum atomic E-state index is 14.1. The number of nitrogens with zero attached hydrogens (tertiary/aromatic N) is 1. The molecule has 0 N–H and O–H groups in total. The Bertz CT molecular complexity index is 743. The number of esters is 1. The molecule has 1 amide bonds. The lowest BCUT2D eigenvalue weighted by Crippen LogP contribution is -2.52. The topological polar surface area (TPSA) is 72.9 Å². The summed E-state index contributed by atoms with van der Waals surface area (Å²) in [6, 6.07) is 4.61. The molecule has 1 aromatic rings. The van der Waals surface area contributed by atoms with E-state index in [0.29, 0.717) is 11.1 Å². The number of piperidine rings is 1. The molecule has 0 saturated carbocycles. The summed E-state index contributed by atoms with van der Waals surface area (Å²) in [5.74, 6) is -2.98. The quantitative estimate of drug-likeness (QED) is 0.579. The molecule has 3 atom stereocenters. The zero-order valence-corrected chi connectivity index (χ0v) is 17.0.